The fraction of sp³-hybridized carbons (Fsp3) is 0.233. The second-order valence-electron chi connectivity index (χ2n) is 9.82. The van der Waals surface area contributed by atoms with Gasteiger partial charge in [0.25, 0.3) is 5.91 Å². The molecule has 2 aromatic carbocycles. The van der Waals surface area contributed by atoms with E-state index in [0.717, 1.165) is 10.9 Å². The number of anilines is 2. The minimum Gasteiger partial charge on any atom is -0.497 e. The van der Waals surface area contributed by atoms with Crippen LogP contribution in [0, 0.1) is 6.92 Å². The highest BCUT2D eigenvalue weighted by Gasteiger charge is 2.33. The van der Waals surface area contributed by atoms with Crippen molar-refractivity contribution in [2.24, 2.45) is 0 Å². The first-order chi connectivity index (χ1) is 19.1. The molecule has 0 fully saturated rings. The average Bonchev–Trinajstić information content (AvgIpc) is 3.21. The molecule has 0 aliphatic carbocycles. The number of fused-ring (bicyclic) bond motifs is 2. The Hall–Kier alpha value is -4.83. The van der Waals surface area contributed by atoms with E-state index < -0.39 is 11.5 Å². The highest BCUT2D eigenvalue weighted by molar-refractivity contribution is 6.00. The van der Waals surface area contributed by atoms with Gasteiger partial charge in [-0.1, -0.05) is 18.2 Å². The third-order valence-electron chi connectivity index (χ3n) is 6.70. The van der Waals surface area contributed by atoms with Gasteiger partial charge >= 0.3 is 0 Å². The number of furan rings is 1. The summed E-state index contributed by atoms with van der Waals surface area (Å²) in [6.07, 6.45) is 4.66. The molecule has 5 rings (SSSR count). The highest BCUT2D eigenvalue weighted by atomic mass is 16.5. The summed E-state index contributed by atoms with van der Waals surface area (Å²) in [5.41, 5.74) is 1.14. The molecule has 0 spiro atoms. The van der Waals surface area contributed by atoms with Crippen molar-refractivity contribution >= 4 is 40.4 Å². The monoisotopic (exact) mass is 542 g/mol. The normalized spacial score (nSPS) is 16.7. The van der Waals surface area contributed by atoms with Gasteiger partial charge in [0.1, 0.15) is 17.3 Å². The molecule has 2 amide bonds. The number of hydrogen-bond acceptors (Lipinski definition) is 8. The predicted molar refractivity (Wildman–Crippen MR) is 152 cm³/mol. The first-order valence-corrected chi connectivity index (χ1v) is 12.7. The molecule has 0 unspecified atom stereocenters. The number of hydrogen-bond donors (Lipinski definition) is 3. The molecule has 0 radical (unpaired) electrons. The Morgan fingerprint density at radius 1 is 1.23 bits per heavy atom. The SMILES string of the molecule is COc1cccc(Oc2cccc3c(CN(C)C(=O)/C=C/c4cnc5c(c4)NC[C@@](C)(O)C(=O)N5)c(C)oc23)c1. The third kappa shape index (κ3) is 5.48. The lowest BCUT2D eigenvalue weighted by molar-refractivity contribution is -0.131. The van der Waals surface area contributed by atoms with E-state index in [2.05, 4.69) is 15.6 Å². The Bertz CT molecular complexity index is 1620. The van der Waals surface area contributed by atoms with Crippen molar-refractivity contribution in [3.8, 4) is 17.2 Å². The first-order valence-electron chi connectivity index (χ1n) is 12.7. The van der Waals surface area contributed by atoms with Gasteiger partial charge in [0.15, 0.2) is 22.8 Å². The molecular formula is C30H30N4O6. The number of para-hydroxylation sites is 1. The van der Waals surface area contributed by atoms with Gasteiger partial charge in [-0.15, -0.1) is 0 Å². The van der Waals surface area contributed by atoms with Crippen molar-refractivity contribution in [2.75, 3.05) is 31.3 Å². The molecule has 3 heterocycles. The lowest BCUT2D eigenvalue weighted by atomic mass is 10.1. The van der Waals surface area contributed by atoms with Gasteiger partial charge < -0.3 is 34.5 Å². The van der Waals surface area contributed by atoms with Gasteiger partial charge in [0, 0.05) is 42.9 Å². The molecule has 1 atom stereocenters. The summed E-state index contributed by atoms with van der Waals surface area (Å²) in [4.78, 5) is 30.9. The Balaban J connectivity index is 1.30. The van der Waals surface area contributed by atoms with Crippen LogP contribution in [0.2, 0.25) is 0 Å². The summed E-state index contributed by atoms with van der Waals surface area (Å²) < 4.78 is 17.5. The van der Waals surface area contributed by atoms with Crippen molar-refractivity contribution in [1.29, 1.82) is 0 Å². The fourth-order valence-electron chi connectivity index (χ4n) is 4.34. The molecule has 0 saturated heterocycles. The zero-order valence-electron chi connectivity index (χ0n) is 22.6. The summed E-state index contributed by atoms with van der Waals surface area (Å²) >= 11 is 0. The zero-order chi connectivity index (χ0) is 28.4. The average molecular weight is 543 g/mol. The Kier molecular flexibility index (Phi) is 7.19. The number of nitrogens with one attached hydrogen (secondary N) is 2. The van der Waals surface area contributed by atoms with Crippen LogP contribution in [-0.4, -0.2) is 53.1 Å². The molecular weight excluding hydrogens is 512 g/mol. The van der Waals surface area contributed by atoms with Gasteiger partial charge in [-0.3, -0.25) is 9.59 Å². The summed E-state index contributed by atoms with van der Waals surface area (Å²) in [7, 11) is 3.32. The number of nitrogens with zero attached hydrogens (tertiary/aromatic N) is 2. The number of carbonyl (C=O) groups is 2. The Labute approximate surface area is 231 Å². The number of likely N-dealkylation sites (N-methyl/N-ethyl adjacent to an activating group) is 1. The van der Waals surface area contributed by atoms with Crippen LogP contribution in [0.5, 0.6) is 17.2 Å². The number of pyridine rings is 1. The highest BCUT2D eigenvalue weighted by Crippen LogP contribution is 2.36. The lowest BCUT2D eigenvalue weighted by Crippen LogP contribution is -2.43. The number of aryl methyl sites for hydroxylation is 1. The van der Waals surface area contributed by atoms with E-state index in [4.69, 9.17) is 13.9 Å². The van der Waals surface area contributed by atoms with Crippen LogP contribution in [0.4, 0.5) is 11.5 Å². The van der Waals surface area contributed by atoms with Crippen molar-refractivity contribution < 1.29 is 28.6 Å². The number of ether oxygens (including phenoxy) is 2. The second-order valence-corrected chi connectivity index (χ2v) is 9.82. The Morgan fingerprint density at radius 3 is 2.80 bits per heavy atom. The van der Waals surface area contributed by atoms with Gasteiger partial charge in [-0.2, -0.15) is 0 Å². The zero-order valence-corrected chi connectivity index (χ0v) is 22.6. The van der Waals surface area contributed by atoms with Gasteiger partial charge in [-0.05, 0) is 49.8 Å². The van der Waals surface area contributed by atoms with E-state index in [1.807, 2.05) is 43.3 Å². The fourth-order valence-corrected chi connectivity index (χ4v) is 4.34. The standard InChI is InChI=1S/C30H30N4O6/c1-18-23(22-9-6-10-25(27(22)39-18)40-21-8-5-7-20(14-21)38-4)16-34(3)26(35)12-11-19-13-24-28(31-15-19)33-29(36)30(2,37)17-32-24/h5-15,32,37H,16-17H2,1-4H3,(H,31,33,36)/b12-11+/t30-/m1/s1. The molecule has 0 saturated carbocycles. The van der Waals surface area contributed by atoms with Crippen LogP contribution in [0.15, 0.2) is 65.2 Å². The first kappa shape index (κ1) is 26.8. The molecule has 1 aliphatic rings. The minimum absolute atomic E-state index is 0.0344. The topological polar surface area (TPSA) is 126 Å². The summed E-state index contributed by atoms with van der Waals surface area (Å²) in [5.74, 6) is 2.14. The van der Waals surface area contributed by atoms with Gasteiger partial charge in [0.05, 0.1) is 19.3 Å². The molecule has 0 bridgehead atoms. The van der Waals surface area contributed by atoms with E-state index in [1.54, 1.807) is 43.5 Å². The van der Waals surface area contributed by atoms with Crippen LogP contribution < -0.4 is 20.1 Å². The largest absolute Gasteiger partial charge is 0.497 e. The smallest absolute Gasteiger partial charge is 0.259 e. The number of aliphatic hydroxyl groups is 1. The minimum atomic E-state index is -1.56. The van der Waals surface area contributed by atoms with Gasteiger partial charge in [-0.25, -0.2) is 4.98 Å². The summed E-state index contributed by atoms with van der Waals surface area (Å²) in [6, 6.07) is 14.7. The Morgan fingerprint density at radius 2 is 2.00 bits per heavy atom. The van der Waals surface area contributed by atoms with Crippen molar-refractivity contribution in [2.45, 2.75) is 26.0 Å². The number of benzene rings is 2. The van der Waals surface area contributed by atoms with E-state index in [0.29, 0.717) is 52.2 Å². The number of methoxy groups -OCH3 is 1. The van der Waals surface area contributed by atoms with Crippen LogP contribution >= 0.6 is 0 Å². The van der Waals surface area contributed by atoms with E-state index >= 15 is 0 Å². The van der Waals surface area contributed by atoms with Crippen LogP contribution in [0.3, 0.4) is 0 Å². The number of carbonyl (C=O) groups excluding carboxylic acids is 2. The quantitative estimate of drug-likeness (QED) is 0.286. The van der Waals surface area contributed by atoms with E-state index in [1.165, 1.54) is 13.0 Å². The predicted octanol–water partition coefficient (Wildman–Crippen LogP) is 4.72. The number of β-amino-alcohol motifs (C(OH)–C–C–N with tert-alkyl or cyclic N) is 1. The van der Waals surface area contributed by atoms with Crippen molar-refractivity contribution in [3.63, 3.8) is 0 Å². The lowest BCUT2D eigenvalue weighted by Gasteiger charge is -2.18. The molecule has 3 N–H and O–H groups in total. The maximum atomic E-state index is 13.0. The molecule has 40 heavy (non-hydrogen) atoms. The second kappa shape index (κ2) is 10.7. The van der Waals surface area contributed by atoms with Crippen molar-refractivity contribution in [3.05, 3.63) is 77.7 Å². The molecule has 1 aliphatic heterocycles. The molecule has 10 nitrogen and oxygen atoms in total. The molecule has 206 valence electrons. The molecule has 4 aromatic rings. The van der Waals surface area contributed by atoms with Crippen LogP contribution in [0.25, 0.3) is 17.0 Å². The third-order valence-corrected chi connectivity index (χ3v) is 6.70. The van der Waals surface area contributed by atoms with Crippen molar-refractivity contribution in [1.82, 2.24) is 9.88 Å². The number of rotatable bonds is 7. The molecule has 10 heteroatoms. The van der Waals surface area contributed by atoms with E-state index in [9.17, 15) is 14.7 Å². The van der Waals surface area contributed by atoms with Gasteiger partial charge in [0.2, 0.25) is 5.91 Å². The van der Waals surface area contributed by atoms with Crippen LogP contribution in [0.1, 0.15) is 23.8 Å². The maximum absolute atomic E-state index is 13.0. The summed E-state index contributed by atoms with van der Waals surface area (Å²) in [5, 5.41) is 16.7. The molecule has 2 aromatic heterocycles. The van der Waals surface area contributed by atoms with Crippen LogP contribution in [-0.2, 0) is 16.1 Å². The number of aromatic nitrogens is 1. The maximum Gasteiger partial charge on any atom is 0.259 e. The summed E-state index contributed by atoms with van der Waals surface area (Å²) in [6.45, 7) is 3.65. The number of amides is 2. The van der Waals surface area contributed by atoms with E-state index in [-0.39, 0.29) is 12.5 Å².